The highest BCUT2D eigenvalue weighted by Gasteiger charge is 3.01. The molecule has 0 unspecified atom stereocenters. The molecule has 1 saturated heterocycles. The van der Waals surface area contributed by atoms with E-state index in [1.165, 1.54) is 12.7 Å². The molecule has 6 saturated carbocycles. The zero-order valence-corrected chi connectivity index (χ0v) is 14.7. The number of carbonyl (C=O) groups excluding carboxylic acids is 2. The van der Waals surface area contributed by atoms with Crippen molar-refractivity contribution in [3.63, 3.8) is 0 Å². The van der Waals surface area contributed by atoms with Crippen LogP contribution in [0.4, 0.5) is 0 Å². The Morgan fingerprint density at radius 2 is 2.12 bits per heavy atom. The molecule has 7 rings (SSSR count). The second-order valence-corrected chi connectivity index (χ2v) is 9.59. The SMILES string of the molecule is C=C1[C@@H]2CC[C@]34[C@H]1[C@@]3(C2)[C@@H](C(=O)OC)[C@H]1[C@]42OC(=O)[C@]1(C)CC[C@H]2O. The first-order valence-electron chi connectivity index (χ1n) is 9.51. The van der Waals surface area contributed by atoms with Gasteiger partial charge >= 0.3 is 11.9 Å². The third-order valence-electron chi connectivity index (χ3n) is 9.47. The molecule has 6 aliphatic carbocycles. The summed E-state index contributed by atoms with van der Waals surface area (Å²) >= 11 is 0. The summed E-state index contributed by atoms with van der Waals surface area (Å²) in [4.78, 5) is 25.9. The van der Waals surface area contributed by atoms with E-state index >= 15 is 0 Å². The normalized spacial score (nSPS) is 62.3. The number of aliphatic hydroxyl groups excluding tert-OH is 1. The van der Waals surface area contributed by atoms with Crippen molar-refractivity contribution >= 4 is 11.9 Å². The van der Waals surface area contributed by atoms with Gasteiger partial charge in [-0.1, -0.05) is 12.2 Å². The average molecular weight is 344 g/mol. The fourth-order valence-electron chi connectivity index (χ4n) is 8.95. The van der Waals surface area contributed by atoms with Crippen molar-refractivity contribution in [1.82, 2.24) is 0 Å². The standard InChI is InChI=1S/C20H24O5/c1-9-10-4-7-19-13(9)18(19,8-10)12(15(22)24-3)14-17(2)6-5-11(21)20(14,19)25-16(17)23/h10-14,21H,1,4-8H2,2-3H3/t10-,11-,12-,13-,14-,17-,18-,19+,20+/m1/s1. The van der Waals surface area contributed by atoms with E-state index in [1.54, 1.807) is 0 Å². The Kier molecular flexibility index (Phi) is 2.18. The van der Waals surface area contributed by atoms with Gasteiger partial charge in [0.25, 0.3) is 0 Å². The van der Waals surface area contributed by atoms with Crippen molar-refractivity contribution in [2.45, 2.75) is 50.7 Å². The minimum atomic E-state index is -0.922. The van der Waals surface area contributed by atoms with Gasteiger partial charge < -0.3 is 14.6 Å². The van der Waals surface area contributed by atoms with Crippen molar-refractivity contribution in [1.29, 1.82) is 0 Å². The second-order valence-electron chi connectivity index (χ2n) is 9.59. The summed E-state index contributed by atoms with van der Waals surface area (Å²) in [7, 11) is 1.43. The van der Waals surface area contributed by atoms with Crippen LogP contribution < -0.4 is 0 Å². The Labute approximate surface area is 146 Å². The number of hydrogen-bond donors (Lipinski definition) is 1. The Balaban J connectivity index is 1.66. The highest BCUT2D eigenvalue weighted by Crippen LogP contribution is 2.98. The van der Waals surface area contributed by atoms with Crippen molar-refractivity contribution in [3.05, 3.63) is 12.2 Å². The lowest BCUT2D eigenvalue weighted by Gasteiger charge is -2.49. The Hall–Kier alpha value is -1.36. The Morgan fingerprint density at radius 3 is 2.84 bits per heavy atom. The molecule has 1 heterocycles. The van der Waals surface area contributed by atoms with Gasteiger partial charge in [0.1, 0.15) is 5.60 Å². The third-order valence-corrected chi connectivity index (χ3v) is 9.47. The molecule has 5 nitrogen and oxygen atoms in total. The minimum Gasteiger partial charge on any atom is -0.469 e. The van der Waals surface area contributed by atoms with Crippen LogP contribution in [0.2, 0.25) is 0 Å². The van der Waals surface area contributed by atoms with Crippen molar-refractivity contribution < 1.29 is 24.2 Å². The van der Waals surface area contributed by atoms with Crippen LogP contribution in [0.3, 0.4) is 0 Å². The molecule has 0 radical (unpaired) electrons. The number of methoxy groups -OCH3 is 1. The first-order valence-corrected chi connectivity index (χ1v) is 9.51. The quantitative estimate of drug-likeness (QED) is 0.580. The molecule has 2 spiro atoms. The number of allylic oxidation sites excluding steroid dienone is 1. The number of rotatable bonds is 1. The van der Waals surface area contributed by atoms with Crippen LogP contribution in [0.1, 0.15) is 39.0 Å². The third kappa shape index (κ3) is 1.03. The van der Waals surface area contributed by atoms with Crippen molar-refractivity contribution in [2.24, 2.45) is 39.9 Å². The molecular formula is C20H24O5. The highest BCUT2D eigenvalue weighted by atomic mass is 16.6. The highest BCUT2D eigenvalue weighted by molar-refractivity contribution is 5.87. The van der Waals surface area contributed by atoms with Gasteiger partial charge in [-0.05, 0) is 50.9 Å². The zero-order valence-electron chi connectivity index (χ0n) is 14.7. The summed E-state index contributed by atoms with van der Waals surface area (Å²) in [5.74, 6) is -0.435. The van der Waals surface area contributed by atoms with Crippen molar-refractivity contribution in [3.8, 4) is 0 Å². The molecule has 134 valence electrons. The molecule has 25 heavy (non-hydrogen) atoms. The molecule has 0 aromatic rings. The maximum Gasteiger partial charge on any atom is 0.312 e. The minimum absolute atomic E-state index is 0.196. The van der Waals surface area contributed by atoms with Gasteiger partial charge in [0, 0.05) is 16.7 Å². The van der Waals surface area contributed by atoms with E-state index in [4.69, 9.17) is 9.47 Å². The number of esters is 2. The van der Waals surface area contributed by atoms with E-state index < -0.39 is 17.1 Å². The van der Waals surface area contributed by atoms with Crippen LogP contribution in [0.5, 0.6) is 0 Å². The molecule has 5 heteroatoms. The summed E-state index contributed by atoms with van der Waals surface area (Å²) < 4.78 is 11.4. The van der Waals surface area contributed by atoms with Gasteiger partial charge in [-0.2, -0.15) is 0 Å². The molecule has 6 bridgehead atoms. The maximum atomic E-state index is 13.0. The molecule has 0 amide bonds. The largest absolute Gasteiger partial charge is 0.469 e. The zero-order chi connectivity index (χ0) is 17.6. The lowest BCUT2D eigenvalue weighted by molar-refractivity contribution is -0.184. The molecule has 0 aromatic carbocycles. The van der Waals surface area contributed by atoms with Gasteiger partial charge in [0.05, 0.1) is 24.5 Å². The van der Waals surface area contributed by atoms with Crippen LogP contribution in [-0.4, -0.2) is 35.9 Å². The Morgan fingerprint density at radius 1 is 1.36 bits per heavy atom. The van der Waals surface area contributed by atoms with E-state index in [-0.39, 0.29) is 40.5 Å². The van der Waals surface area contributed by atoms with E-state index in [0.29, 0.717) is 18.8 Å². The van der Waals surface area contributed by atoms with Gasteiger partial charge in [-0.25, -0.2) is 0 Å². The van der Waals surface area contributed by atoms with Gasteiger partial charge in [-0.15, -0.1) is 0 Å². The summed E-state index contributed by atoms with van der Waals surface area (Å²) in [5, 5.41) is 11.2. The fourth-order valence-corrected chi connectivity index (χ4v) is 8.95. The number of aliphatic hydroxyl groups is 1. The molecule has 7 aliphatic rings. The van der Waals surface area contributed by atoms with Crippen LogP contribution in [0.15, 0.2) is 12.2 Å². The lowest BCUT2D eigenvalue weighted by atomic mass is 9.54. The average Bonchev–Trinajstić information content (AvgIpc) is 2.96. The molecule has 9 atom stereocenters. The summed E-state index contributed by atoms with van der Waals surface area (Å²) in [6, 6.07) is 0. The van der Waals surface area contributed by atoms with Gasteiger partial charge in [0.2, 0.25) is 0 Å². The fraction of sp³-hybridized carbons (Fsp3) is 0.800. The van der Waals surface area contributed by atoms with E-state index in [9.17, 15) is 14.7 Å². The maximum absolute atomic E-state index is 13.0. The van der Waals surface area contributed by atoms with Gasteiger partial charge in [-0.3, -0.25) is 9.59 Å². The smallest absolute Gasteiger partial charge is 0.312 e. The van der Waals surface area contributed by atoms with Gasteiger partial charge in [0.15, 0.2) is 0 Å². The predicted octanol–water partition coefficient (Wildman–Crippen LogP) is 1.83. The first-order chi connectivity index (χ1) is 11.8. The number of ether oxygens (including phenoxy) is 2. The molecule has 1 N–H and O–H groups in total. The summed E-state index contributed by atoms with van der Waals surface area (Å²) in [6.07, 6.45) is 3.33. The number of fused-ring (bicyclic) bond motifs is 1. The molecule has 1 aliphatic heterocycles. The molecule has 0 aromatic heterocycles. The second kappa shape index (κ2) is 3.68. The first kappa shape index (κ1) is 14.8. The van der Waals surface area contributed by atoms with Crippen LogP contribution in [0, 0.1) is 39.9 Å². The lowest BCUT2D eigenvalue weighted by Crippen LogP contribution is -2.59. The topological polar surface area (TPSA) is 72.8 Å². The summed E-state index contributed by atoms with van der Waals surface area (Å²) in [6.45, 7) is 6.29. The Bertz CT molecular complexity index is 774. The van der Waals surface area contributed by atoms with Crippen molar-refractivity contribution in [2.75, 3.05) is 7.11 Å². The van der Waals surface area contributed by atoms with E-state index in [2.05, 4.69) is 6.58 Å². The predicted molar refractivity (Wildman–Crippen MR) is 86.0 cm³/mol. The van der Waals surface area contributed by atoms with E-state index in [1.807, 2.05) is 6.92 Å². The molecule has 7 fully saturated rings. The van der Waals surface area contributed by atoms with Crippen LogP contribution in [-0.2, 0) is 19.1 Å². The number of carbonyl (C=O) groups is 2. The monoisotopic (exact) mass is 344 g/mol. The van der Waals surface area contributed by atoms with Crippen LogP contribution in [0.25, 0.3) is 0 Å². The molecular weight excluding hydrogens is 320 g/mol. The summed E-state index contributed by atoms with van der Waals surface area (Å²) in [5.41, 5.74) is -0.910. The number of hydrogen-bond acceptors (Lipinski definition) is 5. The van der Waals surface area contributed by atoms with E-state index in [0.717, 1.165) is 19.3 Å². The van der Waals surface area contributed by atoms with Crippen LogP contribution >= 0.6 is 0 Å².